The molecular formula is C16H30N4. The van der Waals surface area contributed by atoms with Crippen LogP contribution in [0.25, 0.3) is 0 Å². The van der Waals surface area contributed by atoms with Crippen molar-refractivity contribution in [2.75, 3.05) is 7.05 Å². The van der Waals surface area contributed by atoms with Gasteiger partial charge in [-0.1, -0.05) is 20.8 Å². The second-order valence-corrected chi connectivity index (χ2v) is 7.23. The van der Waals surface area contributed by atoms with Crippen molar-refractivity contribution in [2.24, 2.45) is 17.3 Å². The van der Waals surface area contributed by atoms with Crippen molar-refractivity contribution in [2.45, 2.75) is 66.0 Å². The second kappa shape index (κ2) is 6.25. The summed E-state index contributed by atoms with van der Waals surface area (Å²) in [6.07, 6.45) is 6.66. The molecular weight excluding hydrogens is 248 g/mol. The van der Waals surface area contributed by atoms with E-state index < -0.39 is 0 Å². The van der Waals surface area contributed by atoms with Crippen molar-refractivity contribution in [3.63, 3.8) is 0 Å². The van der Waals surface area contributed by atoms with Crippen LogP contribution >= 0.6 is 0 Å². The van der Waals surface area contributed by atoms with Gasteiger partial charge in [0.1, 0.15) is 12.2 Å². The molecule has 1 aliphatic carbocycles. The minimum Gasteiger partial charge on any atom is -0.317 e. The highest BCUT2D eigenvalue weighted by atomic mass is 15.3. The standard InChI is InChI=1S/C16H30N4/c1-6-20-15(18-11-19-20)10-12-9-13(16(2,3)4)7-8-14(12)17-5/h11-14,17H,6-10H2,1-5H3. The van der Waals surface area contributed by atoms with Crippen LogP contribution in [0.2, 0.25) is 0 Å². The summed E-state index contributed by atoms with van der Waals surface area (Å²) in [5.41, 5.74) is 0.412. The lowest BCUT2D eigenvalue weighted by atomic mass is 9.67. The monoisotopic (exact) mass is 278 g/mol. The normalized spacial score (nSPS) is 27.8. The Morgan fingerprint density at radius 2 is 2.10 bits per heavy atom. The van der Waals surface area contributed by atoms with Crippen LogP contribution in [0.15, 0.2) is 6.33 Å². The highest BCUT2D eigenvalue weighted by molar-refractivity contribution is 4.95. The molecule has 0 aromatic carbocycles. The molecule has 1 aromatic rings. The third kappa shape index (κ3) is 3.40. The first-order chi connectivity index (χ1) is 9.45. The van der Waals surface area contributed by atoms with Crippen LogP contribution in [0, 0.1) is 17.3 Å². The lowest BCUT2D eigenvalue weighted by Gasteiger charge is -2.41. The van der Waals surface area contributed by atoms with Crippen molar-refractivity contribution in [3.8, 4) is 0 Å². The fraction of sp³-hybridized carbons (Fsp3) is 0.875. The van der Waals surface area contributed by atoms with Crippen LogP contribution in [0.5, 0.6) is 0 Å². The molecule has 1 fully saturated rings. The third-order valence-corrected chi connectivity index (χ3v) is 5.02. The molecule has 1 aromatic heterocycles. The molecule has 0 radical (unpaired) electrons. The maximum Gasteiger partial charge on any atom is 0.138 e. The van der Waals surface area contributed by atoms with Crippen molar-refractivity contribution >= 4 is 0 Å². The molecule has 3 atom stereocenters. The molecule has 1 aliphatic rings. The number of hydrogen-bond acceptors (Lipinski definition) is 3. The van der Waals surface area contributed by atoms with E-state index in [1.807, 2.05) is 4.68 Å². The number of aromatic nitrogens is 3. The highest BCUT2D eigenvalue weighted by Crippen LogP contribution is 2.41. The Bertz CT molecular complexity index is 418. The van der Waals surface area contributed by atoms with E-state index >= 15 is 0 Å². The topological polar surface area (TPSA) is 42.7 Å². The van der Waals surface area contributed by atoms with Gasteiger partial charge in [-0.2, -0.15) is 5.10 Å². The SMILES string of the molecule is CCn1ncnc1CC1CC(C(C)(C)C)CCC1NC. The average Bonchev–Trinajstić information content (AvgIpc) is 2.85. The zero-order valence-corrected chi connectivity index (χ0v) is 13.7. The van der Waals surface area contributed by atoms with E-state index in [1.54, 1.807) is 6.33 Å². The van der Waals surface area contributed by atoms with Gasteiger partial charge in [-0.15, -0.1) is 0 Å². The van der Waals surface area contributed by atoms with E-state index in [4.69, 9.17) is 0 Å². The molecule has 0 aliphatic heterocycles. The van der Waals surface area contributed by atoms with Crippen LogP contribution in [0.3, 0.4) is 0 Å². The molecule has 0 spiro atoms. The van der Waals surface area contributed by atoms with Crippen LogP contribution in [0.4, 0.5) is 0 Å². The molecule has 4 nitrogen and oxygen atoms in total. The van der Waals surface area contributed by atoms with Gasteiger partial charge in [0.15, 0.2) is 0 Å². The van der Waals surface area contributed by atoms with Crippen LogP contribution < -0.4 is 5.32 Å². The van der Waals surface area contributed by atoms with Gasteiger partial charge in [0.25, 0.3) is 0 Å². The minimum atomic E-state index is 0.412. The van der Waals surface area contributed by atoms with E-state index in [-0.39, 0.29) is 0 Å². The summed E-state index contributed by atoms with van der Waals surface area (Å²) in [5, 5.41) is 7.82. The molecule has 1 heterocycles. The van der Waals surface area contributed by atoms with E-state index in [0.29, 0.717) is 17.4 Å². The number of aryl methyl sites for hydroxylation is 1. The summed E-state index contributed by atoms with van der Waals surface area (Å²) < 4.78 is 2.04. The molecule has 1 N–H and O–H groups in total. The lowest BCUT2D eigenvalue weighted by molar-refractivity contribution is 0.115. The molecule has 0 bridgehead atoms. The maximum absolute atomic E-state index is 4.46. The average molecular weight is 278 g/mol. The van der Waals surface area contributed by atoms with Crippen LogP contribution in [0.1, 0.15) is 52.8 Å². The number of nitrogens with one attached hydrogen (secondary N) is 1. The van der Waals surface area contributed by atoms with Gasteiger partial charge in [-0.05, 0) is 50.5 Å². The second-order valence-electron chi connectivity index (χ2n) is 7.23. The Morgan fingerprint density at radius 3 is 2.70 bits per heavy atom. The maximum atomic E-state index is 4.46. The zero-order chi connectivity index (χ0) is 14.8. The number of hydrogen-bond donors (Lipinski definition) is 1. The molecule has 114 valence electrons. The molecule has 0 amide bonds. The van der Waals surface area contributed by atoms with Gasteiger partial charge in [-0.25, -0.2) is 4.98 Å². The lowest BCUT2D eigenvalue weighted by Crippen LogP contribution is -2.42. The largest absolute Gasteiger partial charge is 0.317 e. The Balaban J connectivity index is 2.09. The van der Waals surface area contributed by atoms with Gasteiger partial charge >= 0.3 is 0 Å². The molecule has 4 heteroatoms. The van der Waals surface area contributed by atoms with Gasteiger partial charge in [0, 0.05) is 19.0 Å². The summed E-state index contributed by atoms with van der Waals surface area (Å²) in [6.45, 7) is 10.2. The Morgan fingerprint density at radius 1 is 1.35 bits per heavy atom. The van der Waals surface area contributed by atoms with E-state index in [1.165, 1.54) is 19.3 Å². The molecule has 0 saturated heterocycles. The number of nitrogens with zero attached hydrogens (tertiary/aromatic N) is 3. The smallest absolute Gasteiger partial charge is 0.138 e. The molecule has 3 unspecified atom stereocenters. The summed E-state index contributed by atoms with van der Waals surface area (Å²) in [7, 11) is 2.10. The molecule has 20 heavy (non-hydrogen) atoms. The Kier molecular flexibility index (Phi) is 4.84. The van der Waals surface area contributed by atoms with Crippen LogP contribution in [-0.2, 0) is 13.0 Å². The summed E-state index contributed by atoms with van der Waals surface area (Å²) in [4.78, 5) is 4.46. The Hall–Kier alpha value is -0.900. The summed E-state index contributed by atoms with van der Waals surface area (Å²) >= 11 is 0. The quantitative estimate of drug-likeness (QED) is 0.921. The minimum absolute atomic E-state index is 0.412. The fourth-order valence-corrected chi connectivity index (χ4v) is 3.60. The number of rotatable bonds is 4. The van der Waals surface area contributed by atoms with E-state index in [0.717, 1.165) is 24.7 Å². The fourth-order valence-electron chi connectivity index (χ4n) is 3.60. The Labute approximate surface area is 123 Å². The van der Waals surface area contributed by atoms with Crippen molar-refractivity contribution in [3.05, 3.63) is 12.2 Å². The molecule has 2 rings (SSSR count). The van der Waals surface area contributed by atoms with Gasteiger partial charge in [0.05, 0.1) is 0 Å². The van der Waals surface area contributed by atoms with Gasteiger partial charge < -0.3 is 5.32 Å². The highest BCUT2D eigenvalue weighted by Gasteiger charge is 2.35. The predicted molar refractivity (Wildman–Crippen MR) is 82.5 cm³/mol. The third-order valence-electron chi connectivity index (χ3n) is 5.02. The predicted octanol–water partition coefficient (Wildman–Crippen LogP) is 2.89. The van der Waals surface area contributed by atoms with Gasteiger partial charge in [0.2, 0.25) is 0 Å². The van der Waals surface area contributed by atoms with Crippen molar-refractivity contribution in [1.29, 1.82) is 0 Å². The van der Waals surface area contributed by atoms with Gasteiger partial charge in [-0.3, -0.25) is 4.68 Å². The zero-order valence-electron chi connectivity index (χ0n) is 13.7. The summed E-state index contributed by atoms with van der Waals surface area (Å²) in [6, 6.07) is 0.621. The first-order valence-corrected chi connectivity index (χ1v) is 7.99. The van der Waals surface area contributed by atoms with Crippen molar-refractivity contribution < 1.29 is 0 Å². The summed E-state index contributed by atoms with van der Waals surface area (Å²) in [5.74, 6) is 2.63. The van der Waals surface area contributed by atoms with Crippen molar-refractivity contribution in [1.82, 2.24) is 20.1 Å². The first-order valence-electron chi connectivity index (χ1n) is 7.99. The van der Waals surface area contributed by atoms with E-state index in [2.05, 4.69) is 50.1 Å². The van der Waals surface area contributed by atoms with Crippen LogP contribution in [-0.4, -0.2) is 27.9 Å². The molecule has 1 saturated carbocycles. The first kappa shape index (κ1) is 15.5. The van der Waals surface area contributed by atoms with E-state index in [9.17, 15) is 0 Å².